The molecule has 0 saturated heterocycles. The first-order valence-electron chi connectivity index (χ1n) is 6.01. The summed E-state index contributed by atoms with van der Waals surface area (Å²) < 4.78 is 28.4. The number of ketones is 1. The van der Waals surface area contributed by atoms with Crippen LogP contribution in [0.2, 0.25) is 0 Å². The third-order valence-electron chi connectivity index (χ3n) is 2.42. The van der Waals surface area contributed by atoms with Crippen molar-refractivity contribution in [2.75, 3.05) is 14.2 Å². The van der Waals surface area contributed by atoms with Gasteiger partial charge in [-0.2, -0.15) is 0 Å². The Balaban J connectivity index is 2.99. The second-order valence-electron chi connectivity index (χ2n) is 4.31. The number of hydrogen-bond donors (Lipinski definition) is 0. The number of carbonyl (C=O) groups excluding carboxylic acids is 2. The number of Topliss-reactive ketones (excluding diaryl/α,β-unsaturated/α-hetero) is 1. The maximum atomic E-state index is 13.8. The van der Waals surface area contributed by atoms with E-state index in [2.05, 4.69) is 4.74 Å². The number of hydrogen-bond acceptors (Lipinski definition) is 5. The highest BCUT2D eigenvalue weighted by Crippen LogP contribution is 2.24. The van der Waals surface area contributed by atoms with Crippen LogP contribution in [0.15, 0.2) is 18.2 Å². The van der Waals surface area contributed by atoms with Crippen molar-refractivity contribution >= 4 is 11.8 Å². The van der Waals surface area contributed by atoms with Crippen molar-refractivity contribution in [2.45, 2.75) is 26.1 Å². The van der Waals surface area contributed by atoms with Gasteiger partial charge in [-0.3, -0.25) is 4.79 Å². The minimum atomic E-state index is -2.37. The highest BCUT2D eigenvalue weighted by atomic mass is 19.1. The van der Waals surface area contributed by atoms with Gasteiger partial charge in [-0.05, 0) is 26.0 Å². The molecule has 1 rings (SSSR count). The van der Waals surface area contributed by atoms with Crippen LogP contribution >= 0.6 is 0 Å². The van der Waals surface area contributed by atoms with Gasteiger partial charge in [0.2, 0.25) is 5.78 Å². The van der Waals surface area contributed by atoms with Crippen LogP contribution < -0.4 is 9.47 Å². The number of ether oxygens (including phenoxy) is 3. The van der Waals surface area contributed by atoms with Gasteiger partial charge in [0.05, 0.1) is 20.3 Å². The predicted molar refractivity (Wildman–Crippen MR) is 70.0 cm³/mol. The van der Waals surface area contributed by atoms with Gasteiger partial charge in [-0.15, -0.1) is 0 Å². The maximum Gasteiger partial charge on any atom is 0.349 e. The average molecular weight is 284 g/mol. The van der Waals surface area contributed by atoms with E-state index in [0.29, 0.717) is 11.5 Å². The van der Waals surface area contributed by atoms with Crippen molar-refractivity contribution in [1.29, 1.82) is 0 Å². The van der Waals surface area contributed by atoms with E-state index in [9.17, 15) is 14.0 Å². The Morgan fingerprint density at radius 3 is 1.95 bits per heavy atom. The molecule has 6 heteroatoms. The van der Waals surface area contributed by atoms with Crippen molar-refractivity contribution < 1.29 is 28.2 Å². The highest BCUT2D eigenvalue weighted by Gasteiger charge is 2.30. The molecule has 0 N–H and O–H groups in total. The van der Waals surface area contributed by atoms with Gasteiger partial charge in [0, 0.05) is 11.6 Å². The highest BCUT2D eigenvalue weighted by molar-refractivity contribution is 6.11. The third-order valence-corrected chi connectivity index (χ3v) is 2.42. The number of carbonyl (C=O) groups is 2. The fraction of sp³-hybridized carbons (Fsp3) is 0.429. The minimum Gasteiger partial charge on any atom is -0.497 e. The average Bonchev–Trinajstić information content (AvgIpc) is 2.44. The van der Waals surface area contributed by atoms with E-state index in [1.54, 1.807) is 13.8 Å². The van der Waals surface area contributed by atoms with E-state index in [4.69, 9.17) is 9.47 Å². The third kappa shape index (κ3) is 3.94. The van der Waals surface area contributed by atoms with Gasteiger partial charge < -0.3 is 14.2 Å². The lowest BCUT2D eigenvalue weighted by atomic mass is 10.1. The zero-order valence-corrected chi connectivity index (χ0v) is 11.8. The van der Waals surface area contributed by atoms with Crippen molar-refractivity contribution in [2.24, 2.45) is 0 Å². The van der Waals surface area contributed by atoms with E-state index in [1.165, 1.54) is 32.4 Å². The molecule has 5 nitrogen and oxygen atoms in total. The Bertz CT molecular complexity index is 476. The normalized spacial score (nSPS) is 11.9. The lowest BCUT2D eigenvalue weighted by Crippen LogP contribution is -2.29. The summed E-state index contributed by atoms with van der Waals surface area (Å²) in [7, 11) is 2.81. The van der Waals surface area contributed by atoms with E-state index in [-0.39, 0.29) is 5.56 Å². The van der Waals surface area contributed by atoms with Crippen molar-refractivity contribution in [3.63, 3.8) is 0 Å². The molecule has 0 heterocycles. The molecule has 1 atom stereocenters. The molecule has 0 saturated carbocycles. The molecule has 1 aromatic carbocycles. The molecular weight excluding hydrogens is 267 g/mol. The van der Waals surface area contributed by atoms with Gasteiger partial charge >= 0.3 is 5.97 Å². The van der Waals surface area contributed by atoms with Gasteiger partial charge in [0.15, 0.2) is 0 Å². The van der Waals surface area contributed by atoms with Crippen molar-refractivity contribution in [1.82, 2.24) is 0 Å². The molecule has 0 spiro atoms. The number of esters is 1. The van der Waals surface area contributed by atoms with Crippen molar-refractivity contribution in [3.8, 4) is 11.5 Å². The molecule has 0 aliphatic heterocycles. The summed E-state index contributed by atoms with van der Waals surface area (Å²) in [5.74, 6) is -1.53. The van der Waals surface area contributed by atoms with E-state index < -0.39 is 24.0 Å². The van der Waals surface area contributed by atoms with Crippen LogP contribution in [0.1, 0.15) is 24.2 Å². The fourth-order valence-electron chi connectivity index (χ4n) is 1.50. The smallest absolute Gasteiger partial charge is 0.349 e. The first kappa shape index (κ1) is 15.9. The van der Waals surface area contributed by atoms with E-state index in [0.717, 1.165) is 0 Å². The topological polar surface area (TPSA) is 61.8 Å². The van der Waals surface area contributed by atoms with Crippen LogP contribution in [0.25, 0.3) is 0 Å². The predicted octanol–water partition coefficient (Wildman–Crippen LogP) is 2.18. The van der Waals surface area contributed by atoms with Crippen molar-refractivity contribution in [3.05, 3.63) is 23.8 Å². The lowest BCUT2D eigenvalue weighted by molar-refractivity contribution is -0.151. The second kappa shape index (κ2) is 6.88. The molecule has 0 aliphatic carbocycles. The number of rotatable bonds is 6. The zero-order valence-electron chi connectivity index (χ0n) is 11.8. The van der Waals surface area contributed by atoms with Gasteiger partial charge in [-0.1, -0.05) is 0 Å². The number of alkyl halides is 1. The molecule has 0 aromatic heterocycles. The Morgan fingerprint density at radius 1 is 1.05 bits per heavy atom. The van der Waals surface area contributed by atoms with Gasteiger partial charge in [0.1, 0.15) is 11.5 Å². The molecule has 0 radical (unpaired) electrons. The zero-order chi connectivity index (χ0) is 15.3. The maximum absolute atomic E-state index is 13.8. The molecule has 1 aromatic rings. The molecule has 1 unspecified atom stereocenters. The van der Waals surface area contributed by atoms with Crippen LogP contribution in [0.5, 0.6) is 11.5 Å². The summed E-state index contributed by atoms with van der Waals surface area (Å²) in [6.07, 6.45) is -2.86. The van der Waals surface area contributed by atoms with Crippen LogP contribution in [0, 0.1) is 0 Å². The first-order valence-corrected chi connectivity index (χ1v) is 6.01. The van der Waals surface area contributed by atoms with E-state index >= 15 is 0 Å². The Kier molecular flexibility index (Phi) is 5.49. The summed E-state index contributed by atoms with van der Waals surface area (Å²) >= 11 is 0. The van der Waals surface area contributed by atoms with Gasteiger partial charge in [-0.25, -0.2) is 9.18 Å². The SMILES string of the molecule is COc1cc(OC)cc(C(=O)C(F)C(=O)OC(C)C)c1. The molecular formula is C14H17FO5. The summed E-state index contributed by atoms with van der Waals surface area (Å²) in [5.41, 5.74) is -0.0191. The second-order valence-corrected chi connectivity index (χ2v) is 4.31. The summed E-state index contributed by atoms with van der Waals surface area (Å²) in [6, 6.07) is 4.20. The number of benzene rings is 1. The Labute approximate surface area is 116 Å². The first-order chi connectivity index (χ1) is 9.38. The standard InChI is InChI=1S/C14H17FO5/c1-8(2)20-14(17)12(15)13(16)9-5-10(18-3)7-11(6-9)19-4/h5-8,12H,1-4H3. The van der Waals surface area contributed by atoms with Gasteiger partial charge in [0.25, 0.3) is 6.17 Å². The number of halogens is 1. The Hall–Kier alpha value is -2.11. The largest absolute Gasteiger partial charge is 0.497 e. The molecule has 0 bridgehead atoms. The van der Waals surface area contributed by atoms with Crippen LogP contribution in [0.4, 0.5) is 4.39 Å². The molecule has 20 heavy (non-hydrogen) atoms. The number of methoxy groups -OCH3 is 2. The summed E-state index contributed by atoms with van der Waals surface area (Å²) in [4.78, 5) is 23.3. The molecule has 0 amide bonds. The quantitative estimate of drug-likeness (QED) is 0.455. The van der Waals surface area contributed by atoms with Crippen LogP contribution in [-0.2, 0) is 9.53 Å². The van der Waals surface area contributed by atoms with E-state index in [1.807, 2.05) is 0 Å². The molecule has 0 fully saturated rings. The summed E-state index contributed by atoms with van der Waals surface area (Å²) in [5, 5.41) is 0. The minimum absolute atomic E-state index is 0.0191. The Morgan fingerprint density at radius 2 is 1.55 bits per heavy atom. The lowest BCUT2D eigenvalue weighted by Gasteiger charge is -2.12. The van der Waals surface area contributed by atoms with Crippen LogP contribution in [0.3, 0.4) is 0 Å². The van der Waals surface area contributed by atoms with Crippen LogP contribution in [-0.4, -0.2) is 38.2 Å². The summed E-state index contributed by atoms with van der Waals surface area (Å²) in [6.45, 7) is 3.15. The fourth-order valence-corrected chi connectivity index (χ4v) is 1.50. The monoisotopic (exact) mass is 284 g/mol. The molecule has 110 valence electrons. The molecule has 0 aliphatic rings.